The first-order valence-corrected chi connectivity index (χ1v) is 6.72. The molecule has 0 amide bonds. The summed E-state index contributed by atoms with van der Waals surface area (Å²) in [6, 6.07) is 7.20. The molecule has 0 aliphatic carbocycles. The van der Waals surface area contributed by atoms with Gasteiger partial charge in [-0.05, 0) is 49.4 Å². The Labute approximate surface area is 104 Å². The normalized spacial score (nSPS) is 20.2. The van der Waals surface area contributed by atoms with E-state index in [1.54, 1.807) is 7.11 Å². The van der Waals surface area contributed by atoms with Crippen molar-refractivity contribution < 1.29 is 4.74 Å². The molecule has 1 aromatic carbocycles. The molecule has 1 fully saturated rings. The standard InChI is InChI=1S/C15H23NO/c1-3-12-7-8-15(17-2)13(10-12)11-14-6-4-5-9-16-14/h7-8,10,14,16H,3-6,9,11H2,1-2H3. The highest BCUT2D eigenvalue weighted by molar-refractivity contribution is 5.38. The van der Waals surface area contributed by atoms with E-state index in [9.17, 15) is 0 Å². The van der Waals surface area contributed by atoms with Gasteiger partial charge in [0.2, 0.25) is 0 Å². The number of ether oxygens (including phenoxy) is 1. The van der Waals surface area contributed by atoms with Crippen LogP contribution in [0.15, 0.2) is 18.2 Å². The highest BCUT2D eigenvalue weighted by atomic mass is 16.5. The van der Waals surface area contributed by atoms with Crippen molar-refractivity contribution in [2.75, 3.05) is 13.7 Å². The summed E-state index contributed by atoms with van der Waals surface area (Å²) in [6.45, 7) is 3.37. The van der Waals surface area contributed by atoms with Crippen LogP contribution in [0, 0.1) is 0 Å². The Balaban J connectivity index is 2.11. The van der Waals surface area contributed by atoms with E-state index in [0.717, 1.165) is 18.6 Å². The van der Waals surface area contributed by atoms with Crippen molar-refractivity contribution in [1.82, 2.24) is 5.32 Å². The van der Waals surface area contributed by atoms with Crippen molar-refractivity contribution >= 4 is 0 Å². The molecule has 1 heterocycles. The fraction of sp³-hybridized carbons (Fsp3) is 0.600. The van der Waals surface area contributed by atoms with E-state index in [0.29, 0.717) is 6.04 Å². The number of hydrogen-bond donors (Lipinski definition) is 1. The van der Waals surface area contributed by atoms with Crippen LogP contribution < -0.4 is 10.1 Å². The molecule has 17 heavy (non-hydrogen) atoms. The Kier molecular flexibility index (Phi) is 4.43. The predicted molar refractivity (Wildman–Crippen MR) is 71.7 cm³/mol. The number of hydrogen-bond acceptors (Lipinski definition) is 2. The van der Waals surface area contributed by atoms with E-state index in [2.05, 4.69) is 30.4 Å². The minimum absolute atomic E-state index is 0.629. The van der Waals surface area contributed by atoms with Crippen molar-refractivity contribution in [1.29, 1.82) is 0 Å². The van der Waals surface area contributed by atoms with Gasteiger partial charge in [0.15, 0.2) is 0 Å². The zero-order valence-corrected chi connectivity index (χ0v) is 11.0. The highest BCUT2D eigenvalue weighted by Gasteiger charge is 2.15. The van der Waals surface area contributed by atoms with Crippen molar-refractivity contribution in [3.05, 3.63) is 29.3 Å². The van der Waals surface area contributed by atoms with Crippen molar-refractivity contribution in [2.24, 2.45) is 0 Å². The lowest BCUT2D eigenvalue weighted by Crippen LogP contribution is -2.35. The largest absolute Gasteiger partial charge is 0.496 e. The maximum Gasteiger partial charge on any atom is 0.122 e. The fourth-order valence-electron chi connectivity index (χ4n) is 2.58. The molecule has 0 saturated carbocycles. The third-order valence-electron chi connectivity index (χ3n) is 3.63. The number of nitrogens with one attached hydrogen (secondary N) is 1. The molecule has 1 N–H and O–H groups in total. The summed E-state index contributed by atoms with van der Waals surface area (Å²) in [6.07, 6.45) is 6.15. The maximum absolute atomic E-state index is 5.46. The molecule has 1 atom stereocenters. The zero-order chi connectivity index (χ0) is 12.1. The van der Waals surface area contributed by atoms with Crippen LogP contribution in [0.25, 0.3) is 0 Å². The molecule has 1 saturated heterocycles. The van der Waals surface area contributed by atoms with Crippen LogP contribution in [-0.4, -0.2) is 19.7 Å². The zero-order valence-electron chi connectivity index (χ0n) is 11.0. The lowest BCUT2D eigenvalue weighted by Gasteiger charge is -2.24. The molecule has 1 aliphatic rings. The molecule has 1 unspecified atom stereocenters. The minimum atomic E-state index is 0.629. The number of rotatable bonds is 4. The monoisotopic (exact) mass is 233 g/mol. The minimum Gasteiger partial charge on any atom is -0.496 e. The summed E-state index contributed by atoms with van der Waals surface area (Å²) in [4.78, 5) is 0. The highest BCUT2D eigenvalue weighted by Crippen LogP contribution is 2.23. The molecule has 94 valence electrons. The first-order valence-electron chi connectivity index (χ1n) is 6.72. The lowest BCUT2D eigenvalue weighted by molar-refractivity contribution is 0.381. The average molecular weight is 233 g/mol. The van der Waals surface area contributed by atoms with E-state index >= 15 is 0 Å². The van der Waals surface area contributed by atoms with E-state index in [1.165, 1.54) is 36.9 Å². The molecule has 0 bridgehead atoms. The van der Waals surface area contributed by atoms with Crippen LogP contribution in [0.2, 0.25) is 0 Å². The van der Waals surface area contributed by atoms with Crippen molar-refractivity contribution in [2.45, 2.75) is 45.1 Å². The molecule has 1 aromatic rings. The Morgan fingerprint density at radius 2 is 2.24 bits per heavy atom. The number of methoxy groups -OCH3 is 1. The van der Waals surface area contributed by atoms with Gasteiger partial charge in [-0.2, -0.15) is 0 Å². The summed E-state index contributed by atoms with van der Waals surface area (Å²) < 4.78 is 5.46. The van der Waals surface area contributed by atoms with Gasteiger partial charge in [-0.1, -0.05) is 25.5 Å². The summed E-state index contributed by atoms with van der Waals surface area (Å²) in [5.74, 6) is 1.04. The van der Waals surface area contributed by atoms with Crippen LogP contribution >= 0.6 is 0 Å². The summed E-state index contributed by atoms with van der Waals surface area (Å²) >= 11 is 0. The fourth-order valence-corrected chi connectivity index (χ4v) is 2.58. The Morgan fingerprint density at radius 1 is 1.35 bits per heavy atom. The Hall–Kier alpha value is -1.02. The van der Waals surface area contributed by atoms with Crippen LogP contribution in [-0.2, 0) is 12.8 Å². The van der Waals surface area contributed by atoms with E-state index in [4.69, 9.17) is 4.74 Å². The van der Waals surface area contributed by atoms with Crippen LogP contribution in [0.1, 0.15) is 37.3 Å². The SMILES string of the molecule is CCc1ccc(OC)c(CC2CCCCN2)c1. The maximum atomic E-state index is 5.46. The molecule has 1 aliphatic heterocycles. The van der Waals surface area contributed by atoms with Crippen LogP contribution in [0.5, 0.6) is 5.75 Å². The number of benzene rings is 1. The van der Waals surface area contributed by atoms with Gasteiger partial charge < -0.3 is 10.1 Å². The lowest BCUT2D eigenvalue weighted by atomic mass is 9.96. The molecule has 0 spiro atoms. The Bertz CT molecular complexity index is 356. The van der Waals surface area contributed by atoms with Crippen molar-refractivity contribution in [3.63, 3.8) is 0 Å². The molecule has 0 radical (unpaired) electrons. The Morgan fingerprint density at radius 3 is 2.88 bits per heavy atom. The third kappa shape index (κ3) is 3.22. The summed E-state index contributed by atoms with van der Waals surface area (Å²) in [5.41, 5.74) is 2.75. The van der Waals surface area contributed by atoms with Gasteiger partial charge in [-0.15, -0.1) is 0 Å². The topological polar surface area (TPSA) is 21.3 Å². The van der Waals surface area contributed by atoms with Gasteiger partial charge in [-0.3, -0.25) is 0 Å². The molecule has 0 aromatic heterocycles. The van der Waals surface area contributed by atoms with Gasteiger partial charge in [0, 0.05) is 6.04 Å². The molecule has 2 heteroatoms. The van der Waals surface area contributed by atoms with Gasteiger partial charge in [0.1, 0.15) is 5.75 Å². The van der Waals surface area contributed by atoms with E-state index in [1.807, 2.05) is 0 Å². The van der Waals surface area contributed by atoms with Gasteiger partial charge >= 0.3 is 0 Å². The summed E-state index contributed by atoms with van der Waals surface area (Å²) in [7, 11) is 1.76. The molecule has 2 nitrogen and oxygen atoms in total. The van der Waals surface area contributed by atoms with E-state index < -0.39 is 0 Å². The quantitative estimate of drug-likeness (QED) is 0.863. The number of piperidine rings is 1. The second-order valence-corrected chi connectivity index (χ2v) is 4.85. The van der Waals surface area contributed by atoms with Crippen LogP contribution in [0.3, 0.4) is 0 Å². The second-order valence-electron chi connectivity index (χ2n) is 4.85. The van der Waals surface area contributed by atoms with Crippen LogP contribution in [0.4, 0.5) is 0 Å². The smallest absolute Gasteiger partial charge is 0.122 e. The van der Waals surface area contributed by atoms with Gasteiger partial charge in [0.25, 0.3) is 0 Å². The van der Waals surface area contributed by atoms with E-state index in [-0.39, 0.29) is 0 Å². The first-order chi connectivity index (χ1) is 8.33. The first kappa shape index (κ1) is 12.4. The van der Waals surface area contributed by atoms with Gasteiger partial charge in [-0.25, -0.2) is 0 Å². The predicted octanol–water partition coefficient (Wildman–Crippen LogP) is 2.94. The van der Waals surface area contributed by atoms with Crippen molar-refractivity contribution in [3.8, 4) is 5.75 Å². The molecular weight excluding hydrogens is 210 g/mol. The summed E-state index contributed by atoms with van der Waals surface area (Å²) in [5, 5.41) is 3.60. The second kappa shape index (κ2) is 6.06. The molecular formula is C15H23NO. The third-order valence-corrected chi connectivity index (χ3v) is 3.63. The number of aryl methyl sites for hydroxylation is 1. The molecule has 2 rings (SSSR count). The van der Waals surface area contributed by atoms with Gasteiger partial charge in [0.05, 0.1) is 7.11 Å². The average Bonchev–Trinajstić information content (AvgIpc) is 2.40.